The van der Waals surface area contributed by atoms with E-state index in [2.05, 4.69) is 4.98 Å². The van der Waals surface area contributed by atoms with Gasteiger partial charge in [-0.1, -0.05) is 20.8 Å². The lowest BCUT2D eigenvalue weighted by molar-refractivity contribution is 0.0696. The number of hydrogen-bond acceptors (Lipinski definition) is 4. The Hall–Kier alpha value is -1.62. The first-order chi connectivity index (χ1) is 9.11. The highest BCUT2D eigenvalue weighted by Crippen LogP contribution is 2.24. The predicted octanol–water partition coefficient (Wildman–Crippen LogP) is 2.28. The molecule has 112 valence electrons. The van der Waals surface area contributed by atoms with Crippen molar-refractivity contribution in [2.24, 2.45) is 0 Å². The SMILES string of the molecule is CC(O)CCN(C)c1cc(C(=O)O)cc(C(C)(C)C)n1. The number of aromatic nitrogens is 1. The third-order valence-electron chi connectivity index (χ3n) is 3.10. The summed E-state index contributed by atoms with van der Waals surface area (Å²) in [7, 11) is 1.85. The van der Waals surface area contributed by atoms with Crippen LogP contribution in [0.4, 0.5) is 5.82 Å². The molecule has 0 fully saturated rings. The van der Waals surface area contributed by atoms with Crippen molar-refractivity contribution in [3.63, 3.8) is 0 Å². The highest BCUT2D eigenvalue weighted by atomic mass is 16.4. The summed E-state index contributed by atoms with van der Waals surface area (Å²) in [6.45, 7) is 8.36. The molecule has 1 atom stereocenters. The molecule has 1 unspecified atom stereocenters. The zero-order valence-electron chi connectivity index (χ0n) is 12.8. The Morgan fingerprint density at radius 1 is 1.40 bits per heavy atom. The monoisotopic (exact) mass is 280 g/mol. The van der Waals surface area contributed by atoms with Crippen LogP contribution in [0.25, 0.3) is 0 Å². The summed E-state index contributed by atoms with van der Waals surface area (Å²) in [6.07, 6.45) is 0.225. The second kappa shape index (κ2) is 6.22. The fourth-order valence-electron chi connectivity index (χ4n) is 1.71. The Labute approximate surface area is 120 Å². The first-order valence-electron chi connectivity index (χ1n) is 6.76. The molecule has 0 aliphatic rings. The summed E-state index contributed by atoms with van der Waals surface area (Å²) in [4.78, 5) is 17.7. The van der Waals surface area contributed by atoms with Crippen molar-refractivity contribution in [1.29, 1.82) is 0 Å². The smallest absolute Gasteiger partial charge is 0.335 e. The van der Waals surface area contributed by atoms with E-state index in [0.717, 1.165) is 5.69 Å². The summed E-state index contributed by atoms with van der Waals surface area (Å²) in [6, 6.07) is 3.19. The lowest BCUT2D eigenvalue weighted by Gasteiger charge is -2.24. The average Bonchev–Trinajstić information content (AvgIpc) is 2.34. The zero-order chi connectivity index (χ0) is 15.5. The molecule has 0 spiro atoms. The Morgan fingerprint density at radius 2 is 2.00 bits per heavy atom. The van der Waals surface area contributed by atoms with Crippen LogP contribution in [0.15, 0.2) is 12.1 Å². The highest BCUT2D eigenvalue weighted by molar-refractivity contribution is 5.88. The van der Waals surface area contributed by atoms with Crippen molar-refractivity contribution >= 4 is 11.8 Å². The summed E-state index contributed by atoms with van der Waals surface area (Å²) in [5.41, 5.74) is 0.769. The first kappa shape index (κ1) is 16.4. The molecule has 0 aliphatic heterocycles. The number of carboxylic acids is 1. The quantitative estimate of drug-likeness (QED) is 0.865. The number of nitrogens with zero attached hydrogens (tertiary/aromatic N) is 2. The molecule has 1 heterocycles. The molecule has 2 N–H and O–H groups in total. The van der Waals surface area contributed by atoms with Crippen LogP contribution in [0.1, 0.15) is 50.2 Å². The van der Waals surface area contributed by atoms with Crippen LogP contribution in [0, 0.1) is 0 Å². The highest BCUT2D eigenvalue weighted by Gasteiger charge is 2.20. The van der Waals surface area contributed by atoms with Gasteiger partial charge in [0.2, 0.25) is 0 Å². The molecule has 1 rings (SSSR count). The number of carboxylic acid groups (broad SMARTS) is 1. The largest absolute Gasteiger partial charge is 0.478 e. The van der Waals surface area contributed by atoms with E-state index < -0.39 is 5.97 Å². The van der Waals surface area contributed by atoms with E-state index in [1.807, 2.05) is 32.7 Å². The molecule has 5 heteroatoms. The van der Waals surface area contributed by atoms with E-state index in [-0.39, 0.29) is 17.1 Å². The van der Waals surface area contributed by atoms with Gasteiger partial charge in [0.15, 0.2) is 0 Å². The fourth-order valence-corrected chi connectivity index (χ4v) is 1.71. The number of pyridine rings is 1. The van der Waals surface area contributed by atoms with Gasteiger partial charge in [0.1, 0.15) is 5.82 Å². The summed E-state index contributed by atoms with van der Waals surface area (Å²) in [5, 5.41) is 18.5. The molecule has 0 amide bonds. The molecule has 0 saturated heterocycles. The normalized spacial score (nSPS) is 13.1. The lowest BCUT2D eigenvalue weighted by Crippen LogP contribution is -2.25. The van der Waals surface area contributed by atoms with Crippen molar-refractivity contribution in [1.82, 2.24) is 4.98 Å². The predicted molar refractivity (Wildman–Crippen MR) is 79.5 cm³/mol. The number of aliphatic hydroxyl groups excluding tert-OH is 1. The number of carbonyl (C=O) groups is 1. The van der Waals surface area contributed by atoms with Gasteiger partial charge in [0, 0.05) is 24.7 Å². The van der Waals surface area contributed by atoms with Crippen LogP contribution in [-0.4, -0.2) is 40.9 Å². The summed E-state index contributed by atoms with van der Waals surface area (Å²) in [5.74, 6) is -0.335. The Bertz CT molecular complexity index is 478. The molecule has 0 bridgehead atoms. The maximum Gasteiger partial charge on any atom is 0.335 e. The van der Waals surface area contributed by atoms with E-state index in [1.165, 1.54) is 0 Å². The summed E-state index contributed by atoms with van der Waals surface area (Å²) >= 11 is 0. The number of aliphatic hydroxyl groups is 1. The molecule has 0 saturated carbocycles. The number of hydrogen-bond donors (Lipinski definition) is 2. The van der Waals surface area contributed by atoms with Crippen molar-refractivity contribution in [3.05, 3.63) is 23.4 Å². The van der Waals surface area contributed by atoms with Crippen LogP contribution in [0.2, 0.25) is 0 Å². The van der Waals surface area contributed by atoms with E-state index >= 15 is 0 Å². The minimum Gasteiger partial charge on any atom is -0.478 e. The molecule has 20 heavy (non-hydrogen) atoms. The Balaban J connectivity index is 3.12. The molecule has 1 aromatic heterocycles. The molecule has 0 aromatic carbocycles. The molecular weight excluding hydrogens is 256 g/mol. The molecule has 1 aromatic rings. The van der Waals surface area contributed by atoms with Crippen molar-refractivity contribution < 1.29 is 15.0 Å². The van der Waals surface area contributed by atoms with Gasteiger partial charge in [-0.3, -0.25) is 0 Å². The Morgan fingerprint density at radius 3 is 2.45 bits per heavy atom. The van der Waals surface area contributed by atoms with E-state index in [4.69, 9.17) is 0 Å². The van der Waals surface area contributed by atoms with E-state index in [9.17, 15) is 15.0 Å². The van der Waals surface area contributed by atoms with Crippen molar-refractivity contribution in [3.8, 4) is 0 Å². The number of aromatic carboxylic acids is 1. The van der Waals surface area contributed by atoms with Gasteiger partial charge in [0.25, 0.3) is 0 Å². The Kier molecular flexibility index (Phi) is 5.11. The van der Waals surface area contributed by atoms with Crippen LogP contribution in [0.3, 0.4) is 0 Å². The van der Waals surface area contributed by atoms with Crippen LogP contribution >= 0.6 is 0 Å². The number of anilines is 1. The first-order valence-corrected chi connectivity index (χ1v) is 6.76. The average molecular weight is 280 g/mol. The van der Waals surface area contributed by atoms with Gasteiger partial charge in [-0.15, -0.1) is 0 Å². The van der Waals surface area contributed by atoms with Crippen LogP contribution < -0.4 is 4.90 Å². The van der Waals surface area contributed by atoms with Crippen LogP contribution in [0.5, 0.6) is 0 Å². The summed E-state index contributed by atoms with van der Waals surface area (Å²) < 4.78 is 0. The molecular formula is C15H24N2O3. The minimum absolute atomic E-state index is 0.217. The molecule has 0 aliphatic carbocycles. The van der Waals surface area contributed by atoms with Gasteiger partial charge in [-0.25, -0.2) is 9.78 Å². The van der Waals surface area contributed by atoms with Crippen molar-refractivity contribution in [2.45, 2.75) is 45.6 Å². The van der Waals surface area contributed by atoms with E-state index in [0.29, 0.717) is 18.8 Å². The van der Waals surface area contributed by atoms with Gasteiger partial charge in [0.05, 0.1) is 11.7 Å². The second-order valence-corrected chi connectivity index (χ2v) is 6.21. The standard InChI is InChI=1S/C15H24N2O3/c1-10(18)6-7-17(5)13-9-11(14(19)20)8-12(16-13)15(2,3)4/h8-10,18H,6-7H2,1-5H3,(H,19,20). The maximum atomic E-state index is 11.2. The third-order valence-corrected chi connectivity index (χ3v) is 3.10. The molecule has 0 radical (unpaired) electrons. The second-order valence-electron chi connectivity index (χ2n) is 6.21. The van der Waals surface area contributed by atoms with Crippen LogP contribution in [-0.2, 0) is 5.41 Å². The lowest BCUT2D eigenvalue weighted by atomic mass is 9.90. The maximum absolute atomic E-state index is 11.2. The third kappa shape index (κ3) is 4.49. The minimum atomic E-state index is -0.955. The van der Waals surface area contributed by atoms with Gasteiger partial charge in [-0.05, 0) is 25.5 Å². The number of rotatable bonds is 5. The zero-order valence-corrected chi connectivity index (χ0v) is 12.8. The van der Waals surface area contributed by atoms with Gasteiger partial charge >= 0.3 is 5.97 Å². The van der Waals surface area contributed by atoms with Crippen molar-refractivity contribution in [2.75, 3.05) is 18.5 Å². The van der Waals surface area contributed by atoms with Gasteiger partial charge < -0.3 is 15.1 Å². The molecule has 5 nitrogen and oxygen atoms in total. The topological polar surface area (TPSA) is 73.7 Å². The fraction of sp³-hybridized carbons (Fsp3) is 0.600. The van der Waals surface area contributed by atoms with Gasteiger partial charge in [-0.2, -0.15) is 0 Å². The van der Waals surface area contributed by atoms with E-state index in [1.54, 1.807) is 19.1 Å².